The van der Waals surface area contributed by atoms with Crippen molar-refractivity contribution in [3.05, 3.63) is 59.5 Å². The zero-order chi connectivity index (χ0) is 17.1. The number of rotatable bonds is 5. The Bertz CT molecular complexity index is 851. The maximum atomic E-state index is 12.2. The highest BCUT2D eigenvalue weighted by atomic mass is 16.3. The Morgan fingerprint density at radius 2 is 1.92 bits per heavy atom. The maximum absolute atomic E-state index is 12.2. The molecule has 3 rings (SSSR count). The van der Waals surface area contributed by atoms with E-state index in [-0.39, 0.29) is 5.91 Å². The fourth-order valence-electron chi connectivity index (χ4n) is 2.57. The van der Waals surface area contributed by atoms with Gasteiger partial charge in [0.1, 0.15) is 5.52 Å². The summed E-state index contributed by atoms with van der Waals surface area (Å²) >= 11 is 0. The summed E-state index contributed by atoms with van der Waals surface area (Å²) < 4.78 is 5.53. The fourth-order valence-corrected chi connectivity index (χ4v) is 2.57. The molecule has 0 saturated carbocycles. The monoisotopic (exact) mass is 323 g/mol. The zero-order valence-corrected chi connectivity index (χ0v) is 14.2. The van der Waals surface area contributed by atoms with E-state index in [2.05, 4.69) is 10.3 Å². The molecule has 0 spiro atoms. The Hall–Kier alpha value is -2.82. The van der Waals surface area contributed by atoms with Gasteiger partial charge in [-0.25, -0.2) is 4.98 Å². The van der Waals surface area contributed by atoms with Crippen molar-refractivity contribution in [1.82, 2.24) is 10.3 Å². The van der Waals surface area contributed by atoms with Crippen molar-refractivity contribution in [3.8, 4) is 0 Å². The molecule has 0 aliphatic carbocycles. The molecule has 24 heavy (non-hydrogen) atoms. The highest BCUT2D eigenvalue weighted by molar-refractivity contribution is 5.94. The summed E-state index contributed by atoms with van der Waals surface area (Å²) in [6.45, 7) is 2.41. The van der Waals surface area contributed by atoms with Crippen LogP contribution in [0.15, 0.2) is 46.9 Å². The number of hydrogen-bond donors (Lipinski definition) is 1. The lowest BCUT2D eigenvalue weighted by Gasteiger charge is -2.12. The lowest BCUT2D eigenvalue weighted by molar-refractivity contribution is 0.0954. The number of oxazole rings is 1. The van der Waals surface area contributed by atoms with E-state index in [0.717, 1.165) is 28.8 Å². The standard InChI is InChI=1S/C19H21N3O2/c1-13-21-17-9-4-14(12-18(17)24-13)10-11-20-19(23)15-5-7-16(8-6-15)22(2)3/h4-9,12H,10-11H2,1-3H3,(H,20,23). The lowest BCUT2D eigenvalue weighted by Crippen LogP contribution is -2.25. The van der Waals surface area contributed by atoms with Crippen molar-refractivity contribution < 1.29 is 9.21 Å². The number of aryl methyl sites for hydroxylation is 1. The third kappa shape index (κ3) is 3.56. The normalized spacial score (nSPS) is 10.8. The van der Waals surface area contributed by atoms with Crippen LogP contribution < -0.4 is 10.2 Å². The minimum absolute atomic E-state index is 0.0584. The van der Waals surface area contributed by atoms with Crippen LogP contribution in [0.5, 0.6) is 0 Å². The molecule has 0 saturated heterocycles. The number of nitrogens with one attached hydrogen (secondary N) is 1. The minimum atomic E-state index is -0.0584. The first-order valence-electron chi connectivity index (χ1n) is 7.94. The average Bonchev–Trinajstić information content (AvgIpc) is 2.94. The second-order valence-electron chi connectivity index (χ2n) is 5.98. The van der Waals surface area contributed by atoms with Gasteiger partial charge in [-0.1, -0.05) is 6.07 Å². The third-order valence-corrected chi connectivity index (χ3v) is 3.90. The SMILES string of the molecule is Cc1nc2ccc(CCNC(=O)c3ccc(N(C)C)cc3)cc2o1. The second kappa shape index (κ2) is 6.74. The van der Waals surface area contributed by atoms with Gasteiger partial charge in [-0.05, 0) is 48.4 Å². The largest absolute Gasteiger partial charge is 0.441 e. The summed E-state index contributed by atoms with van der Waals surface area (Å²) in [4.78, 5) is 18.5. The Labute approximate surface area is 141 Å². The molecule has 1 amide bonds. The summed E-state index contributed by atoms with van der Waals surface area (Å²) in [6.07, 6.45) is 0.747. The van der Waals surface area contributed by atoms with E-state index >= 15 is 0 Å². The number of hydrogen-bond acceptors (Lipinski definition) is 4. The molecule has 0 atom stereocenters. The first-order valence-corrected chi connectivity index (χ1v) is 7.94. The van der Waals surface area contributed by atoms with E-state index in [4.69, 9.17) is 4.42 Å². The van der Waals surface area contributed by atoms with Crippen LogP contribution in [0.4, 0.5) is 5.69 Å². The van der Waals surface area contributed by atoms with Gasteiger partial charge in [-0.15, -0.1) is 0 Å². The Balaban J connectivity index is 1.57. The Morgan fingerprint density at radius 1 is 1.17 bits per heavy atom. The number of aromatic nitrogens is 1. The van der Waals surface area contributed by atoms with E-state index in [1.54, 1.807) is 0 Å². The molecule has 0 bridgehead atoms. The number of nitrogens with zero attached hydrogens (tertiary/aromatic N) is 2. The topological polar surface area (TPSA) is 58.4 Å². The van der Waals surface area contributed by atoms with Gasteiger partial charge in [0.05, 0.1) is 0 Å². The first-order chi connectivity index (χ1) is 11.5. The van der Waals surface area contributed by atoms with Crippen LogP contribution in [-0.2, 0) is 6.42 Å². The molecular formula is C19H21N3O2. The van der Waals surface area contributed by atoms with Crippen LogP contribution in [-0.4, -0.2) is 31.5 Å². The van der Waals surface area contributed by atoms with Crippen LogP contribution in [0.2, 0.25) is 0 Å². The lowest BCUT2D eigenvalue weighted by atomic mass is 10.1. The first kappa shape index (κ1) is 16.1. The van der Waals surface area contributed by atoms with Gasteiger partial charge in [-0.2, -0.15) is 0 Å². The molecule has 1 N–H and O–H groups in total. The predicted molar refractivity (Wildman–Crippen MR) is 95.6 cm³/mol. The molecule has 5 heteroatoms. The molecule has 0 aliphatic rings. The van der Waals surface area contributed by atoms with Crippen molar-refractivity contribution in [2.75, 3.05) is 25.5 Å². The van der Waals surface area contributed by atoms with Gasteiger partial charge >= 0.3 is 0 Å². The van der Waals surface area contributed by atoms with Gasteiger partial charge in [0.25, 0.3) is 5.91 Å². The number of benzene rings is 2. The summed E-state index contributed by atoms with van der Waals surface area (Å²) in [7, 11) is 3.95. The Kier molecular flexibility index (Phi) is 4.51. The summed E-state index contributed by atoms with van der Waals surface area (Å²) in [6, 6.07) is 13.5. The van der Waals surface area contributed by atoms with Gasteiger partial charge < -0.3 is 14.6 Å². The van der Waals surface area contributed by atoms with E-state index < -0.39 is 0 Å². The Morgan fingerprint density at radius 3 is 2.62 bits per heavy atom. The maximum Gasteiger partial charge on any atom is 0.251 e. The number of carbonyl (C=O) groups is 1. The molecule has 3 aromatic rings. The van der Waals surface area contributed by atoms with Gasteiger partial charge in [-0.3, -0.25) is 4.79 Å². The molecule has 124 valence electrons. The van der Waals surface area contributed by atoms with E-state index in [9.17, 15) is 4.79 Å². The molecule has 1 heterocycles. The summed E-state index contributed by atoms with van der Waals surface area (Å²) in [5, 5.41) is 2.95. The zero-order valence-electron chi connectivity index (χ0n) is 14.2. The highest BCUT2D eigenvalue weighted by Crippen LogP contribution is 2.17. The highest BCUT2D eigenvalue weighted by Gasteiger charge is 2.07. The number of carbonyl (C=O) groups excluding carboxylic acids is 1. The quantitative estimate of drug-likeness (QED) is 0.783. The van der Waals surface area contributed by atoms with Gasteiger partial charge in [0.15, 0.2) is 11.5 Å². The van der Waals surface area contributed by atoms with Gasteiger partial charge in [0, 0.05) is 38.8 Å². The average molecular weight is 323 g/mol. The van der Waals surface area contributed by atoms with E-state index in [1.807, 2.05) is 68.4 Å². The smallest absolute Gasteiger partial charge is 0.251 e. The molecule has 2 aromatic carbocycles. The van der Waals surface area contributed by atoms with Crippen molar-refractivity contribution in [2.24, 2.45) is 0 Å². The number of amides is 1. The van der Waals surface area contributed by atoms with Crippen LogP contribution in [0.1, 0.15) is 21.8 Å². The molecule has 0 unspecified atom stereocenters. The van der Waals surface area contributed by atoms with E-state index in [1.165, 1.54) is 0 Å². The van der Waals surface area contributed by atoms with Crippen LogP contribution in [0.3, 0.4) is 0 Å². The summed E-state index contributed by atoms with van der Waals surface area (Å²) in [5.74, 6) is 0.605. The second-order valence-corrected chi connectivity index (χ2v) is 5.98. The van der Waals surface area contributed by atoms with Crippen molar-refractivity contribution in [2.45, 2.75) is 13.3 Å². The van der Waals surface area contributed by atoms with Crippen LogP contribution >= 0.6 is 0 Å². The van der Waals surface area contributed by atoms with E-state index in [0.29, 0.717) is 18.0 Å². The number of fused-ring (bicyclic) bond motifs is 1. The van der Waals surface area contributed by atoms with Crippen molar-refractivity contribution >= 4 is 22.7 Å². The molecule has 0 radical (unpaired) electrons. The predicted octanol–water partition coefficient (Wildman–Crippen LogP) is 3.17. The molecule has 0 fully saturated rings. The van der Waals surface area contributed by atoms with Crippen molar-refractivity contribution in [3.63, 3.8) is 0 Å². The number of anilines is 1. The molecular weight excluding hydrogens is 302 g/mol. The molecule has 0 aliphatic heterocycles. The van der Waals surface area contributed by atoms with Crippen LogP contribution in [0.25, 0.3) is 11.1 Å². The summed E-state index contributed by atoms with van der Waals surface area (Å²) in [5.41, 5.74) is 4.50. The molecule has 5 nitrogen and oxygen atoms in total. The van der Waals surface area contributed by atoms with Crippen molar-refractivity contribution in [1.29, 1.82) is 0 Å². The fraction of sp³-hybridized carbons (Fsp3) is 0.263. The minimum Gasteiger partial charge on any atom is -0.441 e. The van der Waals surface area contributed by atoms with Gasteiger partial charge in [0.2, 0.25) is 0 Å². The van der Waals surface area contributed by atoms with Crippen LogP contribution in [0, 0.1) is 6.92 Å². The molecule has 1 aromatic heterocycles. The third-order valence-electron chi connectivity index (χ3n) is 3.90.